The van der Waals surface area contributed by atoms with Gasteiger partial charge < -0.3 is 10.2 Å². The fourth-order valence-corrected chi connectivity index (χ4v) is 2.23. The lowest BCUT2D eigenvalue weighted by molar-refractivity contribution is 0.0173. The Bertz CT molecular complexity index is 550. The Balaban J connectivity index is 2.32. The SMILES string of the molecule is OC(CCS)C(O)c1ccc2nc(Cl)ccc2c1. The van der Waals surface area contributed by atoms with Crippen LogP contribution in [-0.4, -0.2) is 27.1 Å². The first-order valence-electron chi connectivity index (χ1n) is 5.65. The standard InChI is InChI=1S/C13H14ClNO2S/c14-12-4-2-8-7-9(1-3-10(8)15-12)13(17)11(16)5-6-18/h1-4,7,11,13,16-18H,5-6H2. The zero-order valence-electron chi connectivity index (χ0n) is 9.62. The van der Waals surface area contributed by atoms with Crippen molar-refractivity contribution in [3.8, 4) is 0 Å². The minimum absolute atomic E-state index is 0.436. The Morgan fingerprint density at radius 3 is 2.72 bits per heavy atom. The molecule has 2 rings (SSSR count). The lowest BCUT2D eigenvalue weighted by Gasteiger charge is -2.17. The van der Waals surface area contributed by atoms with Crippen molar-refractivity contribution in [1.29, 1.82) is 0 Å². The summed E-state index contributed by atoms with van der Waals surface area (Å²) in [4.78, 5) is 4.17. The highest BCUT2D eigenvalue weighted by molar-refractivity contribution is 7.80. The first-order chi connectivity index (χ1) is 8.61. The van der Waals surface area contributed by atoms with Gasteiger partial charge in [-0.25, -0.2) is 4.98 Å². The zero-order chi connectivity index (χ0) is 13.1. The van der Waals surface area contributed by atoms with Crippen LogP contribution in [0.2, 0.25) is 5.15 Å². The van der Waals surface area contributed by atoms with Crippen LogP contribution in [0.15, 0.2) is 30.3 Å². The van der Waals surface area contributed by atoms with Crippen LogP contribution in [0.4, 0.5) is 0 Å². The summed E-state index contributed by atoms with van der Waals surface area (Å²) < 4.78 is 0. The Morgan fingerprint density at radius 1 is 1.22 bits per heavy atom. The van der Waals surface area contributed by atoms with Crippen LogP contribution >= 0.6 is 24.2 Å². The second-order valence-corrected chi connectivity index (χ2v) is 4.95. The zero-order valence-corrected chi connectivity index (χ0v) is 11.3. The molecule has 5 heteroatoms. The van der Waals surface area contributed by atoms with Crippen molar-refractivity contribution in [2.75, 3.05) is 5.75 Å². The third-order valence-corrected chi connectivity index (χ3v) is 3.28. The van der Waals surface area contributed by atoms with Crippen LogP contribution < -0.4 is 0 Å². The summed E-state index contributed by atoms with van der Waals surface area (Å²) in [6.07, 6.45) is -1.27. The highest BCUT2D eigenvalue weighted by atomic mass is 35.5. The molecule has 1 aromatic heterocycles. The van der Waals surface area contributed by atoms with Crippen molar-refractivity contribution in [1.82, 2.24) is 4.98 Å². The van der Waals surface area contributed by atoms with Gasteiger partial charge in [0.2, 0.25) is 0 Å². The van der Waals surface area contributed by atoms with E-state index in [1.54, 1.807) is 18.2 Å². The second kappa shape index (κ2) is 5.89. The third-order valence-electron chi connectivity index (χ3n) is 2.81. The van der Waals surface area contributed by atoms with Gasteiger partial charge in [0.15, 0.2) is 0 Å². The summed E-state index contributed by atoms with van der Waals surface area (Å²) in [6, 6.07) is 8.88. The molecule has 0 aliphatic heterocycles. The van der Waals surface area contributed by atoms with Crippen LogP contribution in [-0.2, 0) is 0 Å². The summed E-state index contributed by atoms with van der Waals surface area (Å²) in [5, 5.41) is 21.1. The van der Waals surface area contributed by atoms with Crippen LogP contribution in [0.1, 0.15) is 18.1 Å². The van der Waals surface area contributed by atoms with Crippen molar-refractivity contribution in [2.45, 2.75) is 18.6 Å². The molecule has 18 heavy (non-hydrogen) atoms. The molecule has 0 saturated carbocycles. The average molecular weight is 284 g/mol. The molecule has 0 amide bonds. The lowest BCUT2D eigenvalue weighted by atomic mass is 10.0. The van der Waals surface area contributed by atoms with Crippen molar-refractivity contribution in [3.63, 3.8) is 0 Å². The maximum absolute atomic E-state index is 10.0. The van der Waals surface area contributed by atoms with Gasteiger partial charge in [-0.3, -0.25) is 0 Å². The third kappa shape index (κ3) is 2.95. The fraction of sp³-hybridized carbons (Fsp3) is 0.308. The van der Waals surface area contributed by atoms with E-state index in [0.29, 0.717) is 22.9 Å². The number of aromatic nitrogens is 1. The summed E-state index contributed by atoms with van der Waals surface area (Å²) >= 11 is 9.85. The van der Waals surface area contributed by atoms with E-state index in [9.17, 15) is 10.2 Å². The van der Waals surface area contributed by atoms with E-state index in [1.165, 1.54) is 0 Å². The van der Waals surface area contributed by atoms with E-state index in [-0.39, 0.29) is 0 Å². The van der Waals surface area contributed by atoms with Crippen molar-refractivity contribution in [2.24, 2.45) is 0 Å². The maximum atomic E-state index is 10.0. The molecular weight excluding hydrogens is 270 g/mol. The number of halogens is 1. The van der Waals surface area contributed by atoms with Crippen molar-refractivity contribution >= 4 is 35.1 Å². The van der Waals surface area contributed by atoms with Gasteiger partial charge in [0.1, 0.15) is 11.3 Å². The number of aliphatic hydroxyl groups excluding tert-OH is 2. The lowest BCUT2D eigenvalue weighted by Crippen LogP contribution is -2.18. The predicted molar refractivity (Wildman–Crippen MR) is 76.2 cm³/mol. The summed E-state index contributed by atoms with van der Waals surface area (Å²) in [7, 11) is 0. The number of hydrogen-bond acceptors (Lipinski definition) is 4. The summed E-state index contributed by atoms with van der Waals surface area (Å²) in [5.41, 5.74) is 1.43. The van der Waals surface area contributed by atoms with E-state index in [0.717, 1.165) is 10.9 Å². The highest BCUT2D eigenvalue weighted by Gasteiger charge is 2.17. The van der Waals surface area contributed by atoms with E-state index in [2.05, 4.69) is 17.6 Å². The molecular formula is C13H14ClNO2S. The quantitative estimate of drug-likeness (QED) is 0.597. The Hall–Kier alpha value is -0.810. The molecule has 0 spiro atoms. The Kier molecular flexibility index (Phi) is 4.45. The largest absolute Gasteiger partial charge is 0.390 e. The molecule has 0 aliphatic carbocycles. The molecule has 0 radical (unpaired) electrons. The molecule has 1 aromatic carbocycles. The number of hydrogen-bond donors (Lipinski definition) is 3. The van der Waals surface area contributed by atoms with Gasteiger partial charge in [0.25, 0.3) is 0 Å². The summed E-state index contributed by atoms with van der Waals surface area (Å²) in [6.45, 7) is 0. The van der Waals surface area contributed by atoms with Crippen LogP contribution in [0.25, 0.3) is 10.9 Å². The molecule has 96 valence electrons. The molecule has 1 heterocycles. The van der Waals surface area contributed by atoms with Crippen LogP contribution in [0.5, 0.6) is 0 Å². The van der Waals surface area contributed by atoms with Gasteiger partial charge in [-0.1, -0.05) is 17.7 Å². The molecule has 2 atom stereocenters. The topological polar surface area (TPSA) is 53.4 Å². The van der Waals surface area contributed by atoms with Gasteiger partial charge in [-0.2, -0.15) is 12.6 Å². The number of benzene rings is 1. The highest BCUT2D eigenvalue weighted by Crippen LogP contribution is 2.24. The second-order valence-electron chi connectivity index (χ2n) is 4.11. The number of pyridine rings is 1. The van der Waals surface area contributed by atoms with Gasteiger partial charge in [-0.15, -0.1) is 0 Å². The number of nitrogens with zero attached hydrogens (tertiary/aromatic N) is 1. The molecule has 0 fully saturated rings. The summed E-state index contributed by atoms with van der Waals surface area (Å²) in [5.74, 6) is 0.531. The normalized spacial score (nSPS) is 14.7. The monoisotopic (exact) mass is 283 g/mol. The molecule has 2 aromatic rings. The van der Waals surface area contributed by atoms with Crippen molar-refractivity contribution < 1.29 is 10.2 Å². The Morgan fingerprint density at radius 2 is 2.00 bits per heavy atom. The van der Waals surface area contributed by atoms with Gasteiger partial charge in [-0.05, 0) is 42.0 Å². The van der Waals surface area contributed by atoms with Gasteiger partial charge in [0, 0.05) is 5.39 Å². The van der Waals surface area contributed by atoms with Gasteiger partial charge in [0.05, 0.1) is 11.6 Å². The van der Waals surface area contributed by atoms with E-state index in [1.807, 2.05) is 12.1 Å². The minimum atomic E-state index is -0.905. The molecule has 0 saturated heterocycles. The number of rotatable bonds is 4. The van der Waals surface area contributed by atoms with E-state index >= 15 is 0 Å². The predicted octanol–water partition coefficient (Wildman–Crippen LogP) is 2.60. The number of aliphatic hydroxyl groups is 2. The fourth-order valence-electron chi connectivity index (χ4n) is 1.82. The Labute approximate surface area is 116 Å². The molecule has 2 unspecified atom stereocenters. The van der Waals surface area contributed by atoms with E-state index in [4.69, 9.17) is 11.6 Å². The van der Waals surface area contributed by atoms with Gasteiger partial charge >= 0.3 is 0 Å². The minimum Gasteiger partial charge on any atom is -0.390 e. The first kappa shape index (κ1) is 13.6. The molecule has 0 bridgehead atoms. The van der Waals surface area contributed by atoms with Crippen LogP contribution in [0.3, 0.4) is 0 Å². The van der Waals surface area contributed by atoms with Crippen molar-refractivity contribution in [3.05, 3.63) is 41.0 Å². The molecule has 2 N–H and O–H groups in total. The first-order valence-corrected chi connectivity index (χ1v) is 6.66. The van der Waals surface area contributed by atoms with Crippen LogP contribution in [0, 0.1) is 0 Å². The average Bonchev–Trinajstić information content (AvgIpc) is 2.37. The number of thiol groups is 1. The maximum Gasteiger partial charge on any atom is 0.129 e. The van der Waals surface area contributed by atoms with E-state index < -0.39 is 12.2 Å². The molecule has 0 aliphatic rings. The number of fused-ring (bicyclic) bond motifs is 1. The molecule has 3 nitrogen and oxygen atoms in total. The smallest absolute Gasteiger partial charge is 0.129 e.